The Balaban J connectivity index is 1.91. The van der Waals surface area contributed by atoms with E-state index < -0.39 is 0 Å². The lowest BCUT2D eigenvalue weighted by molar-refractivity contribution is 0.122. The molecule has 1 saturated heterocycles. The van der Waals surface area contributed by atoms with Crippen LogP contribution >= 0.6 is 11.6 Å². The third-order valence-electron chi connectivity index (χ3n) is 4.50. The average molecular weight is 354 g/mol. The summed E-state index contributed by atoms with van der Waals surface area (Å²) in [7, 11) is 0. The quantitative estimate of drug-likeness (QED) is 0.701. The third-order valence-corrected chi connectivity index (χ3v) is 4.84. The van der Waals surface area contributed by atoms with Crippen LogP contribution in [0.4, 0.5) is 5.82 Å². The maximum Gasteiger partial charge on any atom is 0.167 e. The van der Waals surface area contributed by atoms with Crippen molar-refractivity contribution in [3.63, 3.8) is 0 Å². The summed E-state index contributed by atoms with van der Waals surface area (Å²) in [5.74, 6) is 1.69. The molecule has 2 aromatic carbocycles. The molecule has 0 N–H and O–H groups in total. The van der Waals surface area contributed by atoms with Crippen LogP contribution in [0, 0.1) is 6.92 Å². The molecule has 0 spiro atoms. The molecule has 1 fully saturated rings. The molecule has 0 amide bonds. The first kappa shape index (κ1) is 16.2. The van der Waals surface area contributed by atoms with Gasteiger partial charge in [0.25, 0.3) is 0 Å². The number of hydrogen-bond donors (Lipinski definition) is 0. The Morgan fingerprint density at radius 1 is 0.960 bits per heavy atom. The highest BCUT2D eigenvalue weighted by atomic mass is 35.5. The van der Waals surface area contributed by atoms with Crippen LogP contribution in [-0.4, -0.2) is 35.9 Å². The standard InChI is InChI=1S/C20H20ClN3O/c1-15-7-5-6-10-17(15)24-18(21)20(23-11-13-25-14-12-23)22-19(24)16-8-3-2-4-9-16/h2-10H,11-14H2,1H3. The molecule has 128 valence electrons. The lowest BCUT2D eigenvalue weighted by Crippen LogP contribution is -2.36. The van der Waals surface area contributed by atoms with E-state index in [1.165, 1.54) is 0 Å². The summed E-state index contributed by atoms with van der Waals surface area (Å²) in [6.07, 6.45) is 0. The number of aromatic nitrogens is 2. The van der Waals surface area contributed by atoms with Crippen molar-refractivity contribution in [1.29, 1.82) is 0 Å². The number of aryl methyl sites for hydroxylation is 1. The van der Waals surface area contributed by atoms with E-state index >= 15 is 0 Å². The number of rotatable bonds is 3. The molecule has 25 heavy (non-hydrogen) atoms. The van der Waals surface area contributed by atoms with Crippen molar-refractivity contribution in [2.24, 2.45) is 0 Å². The Morgan fingerprint density at radius 2 is 1.64 bits per heavy atom. The summed E-state index contributed by atoms with van der Waals surface area (Å²) in [6.45, 7) is 5.11. The van der Waals surface area contributed by atoms with Gasteiger partial charge in [0.2, 0.25) is 0 Å². The molecule has 1 aromatic heterocycles. The van der Waals surface area contributed by atoms with Gasteiger partial charge < -0.3 is 9.64 Å². The van der Waals surface area contributed by atoms with E-state index in [0.29, 0.717) is 18.4 Å². The highest BCUT2D eigenvalue weighted by Crippen LogP contribution is 2.35. The van der Waals surface area contributed by atoms with Gasteiger partial charge in [0.15, 0.2) is 11.0 Å². The second-order valence-electron chi connectivity index (χ2n) is 6.14. The fraction of sp³-hybridized carbons (Fsp3) is 0.250. The maximum absolute atomic E-state index is 6.84. The number of benzene rings is 2. The monoisotopic (exact) mass is 353 g/mol. The van der Waals surface area contributed by atoms with Gasteiger partial charge in [-0.3, -0.25) is 4.57 Å². The molecule has 3 aromatic rings. The summed E-state index contributed by atoms with van der Waals surface area (Å²) in [4.78, 5) is 7.12. The summed E-state index contributed by atoms with van der Waals surface area (Å²) in [6, 6.07) is 18.4. The van der Waals surface area contributed by atoms with Gasteiger partial charge in [0.05, 0.1) is 18.9 Å². The van der Waals surface area contributed by atoms with Crippen LogP contribution in [-0.2, 0) is 4.74 Å². The van der Waals surface area contributed by atoms with E-state index in [2.05, 4.69) is 40.7 Å². The molecule has 5 heteroatoms. The maximum atomic E-state index is 6.84. The Hall–Kier alpha value is -2.30. The second kappa shape index (κ2) is 6.90. The summed E-state index contributed by atoms with van der Waals surface area (Å²) < 4.78 is 7.52. The number of nitrogens with zero attached hydrogens (tertiary/aromatic N) is 3. The van der Waals surface area contributed by atoms with Crippen LogP contribution in [0.15, 0.2) is 54.6 Å². The molecule has 0 bridgehead atoms. The third kappa shape index (κ3) is 3.03. The SMILES string of the molecule is Cc1ccccc1-n1c(-c2ccccc2)nc(N2CCOCC2)c1Cl. The molecular weight excluding hydrogens is 334 g/mol. The molecular formula is C20H20ClN3O. The zero-order valence-electron chi connectivity index (χ0n) is 14.2. The topological polar surface area (TPSA) is 30.3 Å². The second-order valence-corrected chi connectivity index (χ2v) is 6.50. The van der Waals surface area contributed by atoms with Crippen molar-refractivity contribution < 1.29 is 4.74 Å². The number of anilines is 1. The minimum absolute atomic E-state index is 0.648. The number of halogens is 1. The lowest BCUT2D eigenvalue weighted by Gasteiger charge is -2.27. The summed E-state index contributed by atoms with van der Waals surface area (Å²) >= 11 is 6.84. The highest BCUT2D eigenvalue weighted by Gasteiger charge is 2.24. The molecule has 0 saturated carbocycles. The molecule has 1 aliphatic heterocycles. The lowest BCUT2D eigenvalue weighted by atomic mass is 10.1. The smallest absolute Gasteiger partial charge is 0.167 e. The van der Waals surface area contributed by atoms with Crippen molar-refractivity contribution >= 4 is 17.4 Å². The van der Waals surface area contributed by atoms with Crippen molar-refractivity contribution in [3.8, 4) is 17.1 Å². The first-order valence-corrected chi connectivity index (χ1v) is 8.86. The Kier molecular flexibility index (Phi) is 4.47. The van der Waals surface area contributed by atoms with E-state index in [9.17, 15) is 0 Å². The molecule has 4 rings (SSSR count). The zero-order valence-corrected chi connectivity index (χ0v) is 14.9. The first-order chi connectivity index (χ1) is 12.3. The van der Waals surface area contributed by atoms with E-state index in [1.54, 1.807) is 0 Å². The normalized spacial score (nSPS) is 14.7. The predicted octanol–water partition coefficient (Wildman–Crippen LogP) is 4.34. The fourth-order valence-electron chi connectivity index (χ4n) is 3.18. The van der Waals surface area contributed by atoms with Gasteiger partial charge in [-0.1, -0.05) is 60.1 Å². The zero-order chi connectivity index (χ0) is 17.2. The van der Waals surface area contributed by atoms with Crippen LogP contribution in [0.1, 0.15) is 5.56 Å². The first-order valence-electron chi connectivity index (χ1n) is 8.48. The van der Waals surface area contributed by atoms with Crippen LogP contribution in [0.2, 0.25) is 5.15 Å². The summed E-state index contributed by atoms with van der Waals surface area (Å²) in [5.41, 5.74) is 3.26. The molecule has 1 aliphatic rings. The van der Waals surface area contributed by atoms with Crippen molar-refractivity contribution in [1.82, 2.24) is 9.55 Å². The van der Waals surface area contributed by atoms with Crippen LogP contribution in [0.25, 0.3) is 17.1 Å². The molecule has 0 aliphatic carbocycles. The Bertz CT molecular complexity index is 870. The molecule has 0 unspecified atom stereocenters. The van der Waals surface area contributed by atoms with Crippen molar-refractivity contribution in [2.75, 3.05) is 31.2 Å². The number of hydrogen-bond acceptors (Lipinski definition) is 3. The minimum Gasteiger partial charge on any atom is -0.378 e. The largest absolute Gasteiger partial charge is 0.378 e. The van der Waals surface area contributed by atoms with E-state index in [1.807, 2.05) is 30.3 Å². The van der Waals surface area contributed by atoms with Crippen LogP contribution in [0.3, 0.4) is 0 Å². The Morgan fingerprint density at radius 3 is 2.36 bits per heavy atom. The van der Waals surface area contributed by atoms with Gasteiger partial charge in [-0.15, -0.1) is 0 Å². The van der Waals surface area contributed by atoms with Gasteiger partial charge in [-0.2, -0.15) is 0 Å². The van der Waals surface area contributed by atoms with Gasteiger partial charge in [0.1, 0.15) is 5.82 Å². The van der Waals surface area contributed by atoms with Crippen LogP contribution < -0.4 is 4.90 Å². The number of para-hydroxylation sites is 1. The van der Waals surface area contributed by atoms with Crippen molar-refractivity contribution in [2.45, 2.75) is 6.92 Å². The van der Waals surface area contributed by atoms with Crippen molar-refractivity contribution in [3.05, 3.63) is 65.3 Å². The van der Waals surface area contributed by atoms with Gasteiger partial charge >= 0.3 is 0 Å². The molecule has 2 heterocycles. The van der Waals surface area contributed by atoms with Crippen LogP contribution in [0.5, 0.6) is 0 Å². The number of morpholine rings is 1. The minimum atomic E-state index is 0.648. The fourth-order valence-corrected chi connectivity index (χ4v) is 3.51. The number of ether oxygens (including phenoxy) is 1. The molecule has 0 radical (unpaired) electrons. The Labute approximate surface area is 152 Å². The van der Waals surface area contributed by atoms with Gasteiger partial charge in [0, 0.05) is 18.7 Å². The average Bonchev–Trinajstić information content (AvgIpc) is 3.01. The number of imidazole rings is 1. The molecule has 4 nitrogen and oxygen atoms in total. The molecule has 0 atom stereocenters. The van der Waals surface area contributed by atoms with E-state index in [0.717, 1.165) is 41.5 Å². The highest BCUT2D eigenvalue weighted by molar-refractivity contribution is 6.32. The van der Waals surface area contributed by atoms with Gasteiger partial charge in [-0.25, -0.2) is 4.98 Å². The predicted molar refractivity (Wildman–Crippen MR) is 102 cm³/mol. The van der Waals surface area contributed by atoms with E-state index in [4.69, 9.17) is 21.3 Å². The van der Waals surface area contributed by atoms with E-state index in [-0.39, 0.29) is 0 Å². The summed E-state index contributed by atoms with van der Waals surface area (Å²) in [5, 5.41) is 0.648. The van der Waals surface area contributed by atoms with Gasteiger partial charge in [-0.05, 0) is 18.6 Å².